The van der Waals surface area contributed by atoms with Gasteiger partial charge in [-0.25, -0.2) is 4.79 Å². The highest BCUT2D eigenvalue weighted by molar-refractivity contribution is 6.58. The third-order valence-electron chi connectivity index (χ3n) is 1.66. The van der Waals surface area contributed by atoms with Crippen LogP contribution in [-0.4, -0.2) is 23.3 Å². The van der Waals surface area contributed by atoms with Crippen molar-refractivity contribution in [1.82, 2.24) is 0 Å². The maximum atomic E-state index is 10.3. The molecule has 1 rings (SSSR count). The van der Waals surface area contributed by atoms with E-state index in [1.165, 1.54) is 12.1 Å². The molecule has 0 unspecified atom stereocenters. The summed E-state index contributed by atoms with van der Waals surface area (Å²) in [5, 5.41) is 17.6. The van der Waals surface area contributed by atoms with E-state index in [-0.39, 0.29) is 6.61 Å². The van der Waals surface area contributed by atoms with Gasteiger partial charge in [0.25, 0.3) is 0 Å². The molecule has 1 amide bonds. The van der Waals surface area contributed by atoms with E-state index in [2.05, 4.69) is 4.74 Å². The zero-order valence-corrected chi connectivity index (χ0v) is 7.38. The van der Waals surface area contributed by atoms with Gasteiger partial charge in [-0.2, -0.15) is 0 Å². The number of hydrogen-bond acceptors (Lipinski definition) is 4. The molecule has 0 aliphatic carbocycles. The highest BCUT2D eigenvalue weighted by atomic mass is 16.5. The molecular weight excluding hydrogens is 185 g/mol. The summed E-state index contributed by atoms with van der Waals surface area (Å²) < 4.78 is 4.54. The lowest BCUT2D eigenvalue weighted by Gasteiger charge is -2.03. The predicted octanol–water partition coefficient (Wildman–Crippen LogP) is -1.04. The van der Waals surface area contributed by atoms with Crippen molar-refractivity contribution in [2.45, 2.75) is 6.61 Å². The van der Waals surface area contributed by atoms with Crippen molar-refractivity contribution >= 4 is 18.7 Å². The topological polar surface area (TPSA) is 92.8 Å². The molecule has 0 saturated heterocycles. The monoisotopic (exact) mass is 195 g/mol. The summed E-state index contributed by atoms with van der Waals surface area (Å²) in [4.78, 5) is 10.3. The van der Waals surface area contributed by atoms with Gasteiger partial charge in [-0.3, -0.25) is 0 Å². The zero-order valence-electron chi connectivity index (χ0n) is 7.38. The molecule has 0 fully saturated rings. The molecule has 0 radical (unpaired) electrons. The molecule has 1 aromatic rings. The van der Waals surface area contributed by atoms with Gasteiger partial charge in [-0.05, 0) is 11.0 Å². The first kappa shape index (κ1) is 10.6. The second-order valence-electron chi connectivity index (χ2n) is 2.72. The van der Waals surface area contributed by atoms with Crippen LogP contribution in [0, 0.1) is 0 Å². The molecule has 14 heavy (non-hydrogen) atoms. The Hall–Kier alpha value is -1.53. The van der Waals surface area contributed by atoms with E-state index in [0.29, 0.717) is 5.46 Å². The molecule has 5 nitrogen and oxygen atoms in total. The van der Waals surface area contributed by atoms with Crippen LogP contribution in [0.2, 0.25) is 0 Å². The fourth-order valence-electron chi connectivity index (χ4n) is 0.940. The fourth-order valence-corrected chi connectivity index (χ4v) is 0.940. The van der Waals surface area contributed by atoms with Crippen molar-refractivity contribution in [3.05, 3.63) is 29.8 Å². The van der Waals surface area contributed by atoms with E-state index in [0.717, 1.165) is 5.56 Å². The van der Waals surface area contributed by atoms with Crippen LogP contribution >= 0.6 is 0 Å². The van der Waals surface area contributed by atoms with E-state index < -0.39 is 13.2 Å². The molecule has 1 aromatic carbocycles. The van der Waals surface area contributed by atoms with Gasteiger partial charge in [0.05, 0.1) is 0 Å². The maximum Gasteiger partial charge on any atom is 0.488 e. The number of nitrogens with two attached hydrogens (primary N) is 1. The fraction of sp³-hybridized carbons (Fsp3) is 0.125. The molecule has 0 aromatic heterocycles. The first-order valence-electron chi connectivity index (χ1n) is 3.97. The molecule has 0 atom stereocenters. The summed E-state index contributed by atoms with van der Waals surface area (Å²) in [6.45, 7) is 0.0805. The van der Waals surface area contributed by atoms with Crippen LogP contribution in [0.4, 0.5) is 4.79 Å². The zero-order chi connectivity index (χ0) is 10.6. The Morgan fingerprint density at radius 3 is 2.36 bits per heavy atom. The third kappa shape index (κ3) is 3.08. The first-order chi connectivity index (χ1) is 6.59. The molecule has 6 heteroatoms. The summed E-state index contributed by atoms with van der Waals surface area (Å²) in [5.74, 6) is 0. The largest absolute Gasteiger partial charge is 0.488 e. The molecule has 0 heterocycles. The van der Waals surface area contributed by atoms with Crippen LogP contribution in [0.3, 0.4) is 0 Å². The van der Waals surface area contributed by atoms with Crippen LogP contribution in [0.5, 0.6) is 0 Å². The van der Waals surface area contributed by atoms with Crippen LogP contribution in [0.1, 0.15) is 5.56 Å². The Balaban J connectivity index is 2.59. The quantitative estimate of drug-likeness (QED) is 0.537. The molecule has 0 saturated carbocycles. The lowest BCUT2D eigenvalue weighted by molar-refractivity contribution is 0.150. The Bertz CT molecular complexity index is 312. The minimum absolute atomic E-state index is 0.0805. The predicted molar refractivity (Wildman–Crippen MR) is 50.6 cm³/mol. The summed E-state index contributed by atoms with van der Waals surface area (Å²) in [6, 6.07) is 6.31. The van der Waals surface area contributed by atoms with Gasteiger partial charge in [0, 0.05) is 0 Å². The number of hydrogen-bond donors (Lipinski definition) is 3. The van der Waals surface area contributed by atoms with Crippen molar-refractivity contribution in [3.8, 4) is 0 Å². The van der Waals surface area contributed by atoms with Crippen molar-refractivity contribution in [3.63, 3.8) is 0 Å². The Kier molecular flexibility index (Phi) is 3.50. The standard InChI is InChI=1S/C8H10BNO4/c10-8(11)14-5-6-1-3-7(4-2-6)9(12)13/h1-4,12-13H,5H2,(H2,10,11). The second-order valence-corrected chi connectivity index (χ2v) is 2.72. The Labute approximate surface area is 81.3 Å². The smallest absolute Gasteiger partial charge is 0.445 e. The number of carbonyl (C=O) groups excluding carboxylic acids is 1. The number of amides is 1. The maximum absolute atomic E-state index is 10.3. The molecule has 0 aliphatic heterocycles. The summed E-state index contributed by atoms with van der Waals surface area (Å²) >= 11 is 0. The number of carbonyl (C=O) groups is 1. The highest BCUT2D eigenvalue weighted by Gasteiger charge is 2.09. The lowest BCUT2D eigenvalue weighted by atomic mass is 9.80. The van der Waals surface area contributed by atoms with Gasteiger partial charge in [0.2, 0.25) is 0 Å². The number of ether oxygens (including phenoxy) is 1. The number of rotatable bonds is 3. The van der Waals surface area contributed by atoms with Gasteiger partial charge in [-0.1, -0.05) is 24.3 Å². The molecule has 74 valence electrons. The average molecular weight is 195 g/mol. The van der Waals surface area contributed by atoms with Crippen molar-refractivity contribution < 1.29 is 19.6 Å². The highest BCUT2D eigenvalue weighted by Crippen LogP contribution is 1.99. The summed E-state index contributed by atoms with van der Waals surface area (Å²) in [6.07, 6.45) is -0.837. The summed E-state index contributed by atoms with van der Waals surface area (Å²) in [7, 11) is -1.49. The molecule has 0 bridgehead atoms. The van der Waals surface area contributed by atoms with Gasteiger partial charge in [0.15, 0.2) is 0 Å². The van der Waals surface area contributed by atoms with Crippen molar-refractivity contribution in [2.75, 3.05) is 0 Å². The minimum atomic E-state index is -1.49. The SMILES string of the molecule is NC(=O)OCc1ccc(B(O)O)cc1. The van der Waals surface area contributed by atoms with Crippen LogP contribution in [0.25, 0.3) is 0 Å². The minimum Gasteiger partial charge on any atom is -0.445 e. The van der Waals surface area contributed by atoms with E-state index in [1.54, 1.807) is 12.1 Å². The first-order valence-corrected chi connectivity index (χ1v) is 3.97. The number of primary amides is 1. The normalized spacial score (nSPS) is 9.57. The molecule has 4 N–H and O–H groups in total. The van der Waals surface area contributed by atoms with E-state index in [1.807, 2.05) is 0 Å². The lowest BCUT2D eigenvalue weighted by Crippen LogP contribution is -2.29. The molecule has 0 spiro atoms. The summed E-state index contributed by atoms with van der Waals surface area (Å²) in [5.41, 5.74) is 5.89. The Morgan fingerprint density at radius 1 is 1.36 bits per heavy atom. The van der Waals surface area contributed by atoms with Crippen molar-refractivity contribution in [2.24, 2.45) is 5.73 Å². The molecule has 0 aliphatic rings. The van der Waals surface area contributed by atoms with Gasteiger partial charge in [-0.15, -0.1) is 0 Å². The second kappa shape index (κ2) is 4.64. The van der Waals surface area contributed by atoms with E-state index >= 15 is 0 Å². The molecular formula is C8H10BNO4. The van der Waals surface area contributed by atoms with Gasteiger partial charge >= 0.3 is 13.2 Å². The average Bonchev–Trinajstić information content (AvgIpc) is 2.15. The van der Waals surface area contributed by atoms with Crippen LogP contribution in [0.15, 0.2) is 24.3 Å². The van der Waals surface area contributed by atoms with Crippen LogP contribution in [-0.2, 0) is 11.3 Å². The van der Waals surface area contributed by atoms with Gasteiger partial charge in [0.1, 0.15) is 6.61 Å². The Morgan fingerprint density at radius 2 is 1.93 bits per heavy atom. The van der Waals surface area contributed by atoms with Crippen LogP contribution < -0.4 is 11.2 Å². The van der Waals surface area contributed by atoms with E-state index in [4.69, 9.17) is 15.8 Å². The van der Waals surface area contributed by atoms with Crippen molar-refractivity contribution in [1.29, 1.82) is 0 Å². The number of benzene rings is 1. The van der Waals surface area contributed by atoms with E-state index in [9.17, 15) is 4.79 Å². The van der Waals surface area contributed by atoms with Gasteiger partial charge < -0.3 is 20.5 Å². The third-order valence-corrected chi connectivity index (χ3v) is 1.66.